The Morgan fingerprint density at radius 3 is 2.24 bits per heavy atom. The second-order valence-corrected chi connectivity index (χ2v) is 8.53. The molecule has 4 heteroatoms. The van der Waals surface area contributed by atoms with Crippen LogP contribution in [-0.2, 0) is 17.9 Å². The Kier molecular flexibility index (Phi) is 8.95. The van der Waals surface area contributed by atoms with Crippen LogP contribution in [-0.4, -0.2) is 28.6 Å². The second-order valence-electron chi connectivity index (χ2n) is 8.53. The molecule has 3 aromatic rings. The molecule has 0 saturated carbocycles. The van der Waals surface area contributed by atoms with Crippen LogP contribution in [0.2, 0.25) is 0 Å². The fourth-order valence-corrected chi connectivity index (χ4v) is 3.74. The predicted molar refractivity (Wildman–Crippen MR) is 134 cm³/mol. The minimum Gasteiger partial charge on any atom is -0.493 e. The van der Waals surface area contributed by atoms with Gasteiger partial charge in [0.05, 0.1) is 6.61 Å². The number of ether oxygens (including phenoxy) is 1. The van der Waals surface area contributed by atoms with Gasteiger partial charge in [-0.1, -0.05) is 72.8 Å². The zero-order valence-corrected chi connectivity index (χ0v) is 19.7. The van der Waals surface area contributed by atoms with Gasteiger partial charge in [-0.2, -0.15) is 0 Å². The lowest BCUT2D eigenvalue weighted by atomic mass is 10.0. The molecule has 174 valence electrons. The lowest BCUT2D eigenvalue weighted by Gasteiger charge is -2.27. The molecule has 0 aliphatic carbocycles. The van der Waals surface area contributed by atoms with Gasteiger partial charge in [-0.05, 0) is 55.9 Å². The number of rotatable bonds is 13. The van der Waals surface area contributed by atoms with Crippen molar-refractivity contribution in [1.82, 2.24) is 4.90 Å². The van der Waals surface area contributed by atoms with Crippen molar-refractivity contribution in [3.8, 4) is 16.9 Å². The first-order chi connectivity index (χ1) is 16.3. The lowest BCUT2D eigenvalue weighted by Crippen LogP contribution is -2.30. The van der Waals surface area contributed by atoms with Gasteiger partial charge in [-0.3, -0.25) is 9.69 Å². The van der Waals surface area contributed by atoms with Crippen LogP contribution < -0.4 is 4.74 Å². The summed E-state index contributed by atoms with van der Waals surface area (Å²) in [6, 6.07) is 26.1. The van der Waals surface area contributed by atoms with Crippen molar-refractivity contribution >= 4 is 5.97 Å². The fraction of sp³-hybridized carbons (Fsp3) is 0.345. The van der Waals surface area contributed by atoms with Crippen molar-refractivity contribution in [2.45, 2.75) is 58.6 Å². The normalized spacial score (nSPS) is 11.9. The summed E-state index contributed by atoms with van der Waals surface area (Å²) in [5.74, 6) is 0.0773. The lowest BCUT2D eigenvalue weighted by molar-refractivity contribution is -0.137. The van der Waals surface area contributed by atoms with Gasteiger partial charge in [0, 0.05) is 32.5 Å². The fourth-order valence-electron chi connectivity index (χ4n) is 3.74. The molecule has 0 bridgehead atoms. The summed E-state index contributed by atoms with van der Waals surface area (Å²) in [7, 11) is 0. The van der Waals surface area contributed by atoms with E-state index in [1.54, 1.807) is 0 Å². The third-order valence-electron chi connectivity index (χ3n) is 5.69. The number of carbonyl (C=O) groups is 1. The summed E-state index contributed by atoms with van der Waals surface area (Å²) < 4.78 is 14.8. The molecule has 0 heterocycles. The molecule has 0 aromatic heterocycles. The molecular weight excluding hydrogens is 410 g/mol. The standard InChI is InChI=1S/C29H35NO3/c1-23(2)30(21-24-16-18-26(19-17-24)25-11-5-3-6-12-25)22-27-13-8-9-14-28(27)33-20-10-4-7-15-29(31)32/h3,5-6,8-9,11-14,16-19,23H,4,7,10,15,20-22H2,1-2H3,(H,31,32)/i23D. The van der Waals surface area contributed by atoms with Crippen LogP contribution in [0, 0.1) is 0 Å². The van der Waals surface area contributed by atoms with Crippen molar-refractivity contribution < 1.29 is 16.0 Å². The maximum absolute atomic E-state index is 10.6. The molecule has 33 heavy (non-hydrogen) atoms. The summed E-state index contributed by atoms with van der Waals surface area (Å²) in [6.07, 6.45) is 2.53. The number of hydrogen-bond donors (Lipinski definition) is 1. The first-order valence-electron chi connectivity index (χ1n) is 12.1. The van der Waals surface area contributed by atoms with E-state index in [1.807, 2.05) is 50.2 Å². The van der Waals surface area contributed by atoms with Crippen molar-refractivity contribution in [3.63, 3.8) is 0 Å². The number of hydrogen-bond acceptors (Lipinski definition) is 3. The number of benzene rings is 3. The highest BCUT2D eigenvalue weighted by molar-refractivity contribution is 5.66. The summed E-state index contributed by atoms with van der Waals surface area (Å²) in [5.41, 5.74) is 4.59. The molecule has 0 radical (unpaired) electrons. The zero-order valence-electron chi connectivity index (χ0n) is 20.7. The molecule has 3 rings (SSSR count). The van der Waals surface area contributed by atoms with Crippen LogP contribution in [0.4, 0.5) is 0 Å². The predicted octanol–water partition coefficient (Wildman–Crippen LogP) is 6.79. The minimum atomic E-state index is -0.762. The van der Waals surface area contributed by atoms with E-state index in [0.717, 1.165) is 29.7 Å². The monoisotopic (exact) mass is 446 g/mol. The molecule has 0 saturated heterocycles. The Labute approximate surface area is 199 Å². The molecule has 0 atom stereocenters. The average molecular weight is 447 g/mol. The number of carboxylic acids is 1. The first kappa shape index (κ1) is 23.1. The van der Waals surface area contributed by atoms with Crippen LogP contribution in [0.15, 0.2) is 78.9 Å². The van der Waals surface area contributed by atoms with E-state index in [9.17, 15) is 4.79 Å². The van der Waals surface area contributed by atoms with Gasteiger partial charge in [0.2, 0.25) is 0 Å². The van der Waals surface area contributed by atoms with Crippen LogP contribution in [0.25, 0.3) is 11.1 Å². The highest BCUT2D eigenvalue weighted by Crippen LogP contribution is 2.24. The Morgan fingerprint density at radius 1 is 0.879 bits per heavy atom. The quantitative estimate of drug-likeness (QED) is 0.294. The van der Waals surface area contributed by atoms with E-state index >= 15 is 0 Å². The molecule has 0 aliphatic rings. The molecular formula is C29H35NO3. The smallest absolute Gasteiger partial charge is 0.303 e. The molecule has 0 unspecified atom stereocenters. The van der Waals surface area contributed by atoms with Gasteiger partial charge in [-0.25, -0.2) is 0 Å². The molecule has 1 N–H and O–H groups in total. The number of para-hydroxylation sites is 1. The third kappa shape index (κ3) is 8.07. The zero-order chi connectivity index (χ0) is 24.4. The van der Waals surface area contributed by atoms with Gasteiger partial charge in [0.1, 0.15) is 5.75 Å². The van der Waals surface area contributed by atoms with E-state index in [1.165, 1.54) is 11.1 Å². The van der Waals surface area contributed by atoms with Crippen LogP contribution >= 0.6 is 0 Å². The van der Waals surface area contributed by atoms with Crippen molar-refractivity contribution in [1.29, 1.82) is 0 Å². The van der Waals surface area contributed by atoms with E-state index in [-0.39, 0.29) is 6.42 Å². The van der Waals surface area contributed by atoms with Crippen LogP contribution in [0.5, 0.6) is 5.75 Å². The highest BCUT2D eigenvalue weighted by atomic mass is 16.5. The first-order valence-corrected chi connectivity index (χ1v) is 11.6. The molecule has 0 spiro atoms. The number of unbranched alkanes of at least 4 members (excludes halogenated alkanes) is 2. The maximum atomic E-state index is 10.6. The molecule has 0 fully saturated rings. The Hall–Kier alpha value is -3.11. The van der Waals surface area contributed by atoms with Gasteiger partial charge in [0.25, 0.3) is 0 Å². The third-order valence-corrected chi connectivity index (χ3v) is 5.69. The summed E-state index contributed by atoms with van der Waals surface area (Å²) in [6.45, 7) is 5.65. The second kappa shape index (κ2) is 12.8. The van der Waals surface area contributed by atoms with Gasteiger partial charge in [-0.15, -0.1) is 0 Å². The average Bonchev–Trinajstić information content (AvgIpc) is 2.82. The van der Waals surface area contributed by atoms with Crippen LogP contribution in [0.3, 0.4) is 0 Å². The molecule has 0 aliphatic heterocycles. The Bertz CT molecular complexity index is 1030. The summed E-state index contributed by atoms with van der Waals surface area (Å²) in [5, 5.41) is 8.75. The van der Waals surface area contributed by atoms with Crippen molar-refractivity contribution in [2.24, 2.45) is 0 Å². The maximum Gasteiger partial charge on any atom is 0.303 e. The van der Waals surface area contributed by atoms with E-state index < -0.39 is 12.0 Å². The Balaban J connectivity index is 1.64. The summed E-state index contributed by atoms with van der Waals surface area (Å²) >= 11 is 0. The summed E-state index contributed by atoms with van der Waals surface area (Å²) in [4.78, 5) is 12.8. The van der Waals surface area contributed by atoms with Crippen molar-refractivity contribution in [3.05, 3.63) is 90.0 Å². The van der Waals surface area contributed by atoms with Gasteiger partial charge in [0.15, 0.2) is 0 Å². The van der Waals surface area contributed by atoms with Crippen LogP contribution in [0.1, 0.15) is 52.0 Å². The molecule has 3 aromatic carbocycles. The SMILES string of the molecule is [2H]C(C)(C)N(Cc1ccc(-c2ccccc2)cc1)Cc1ccccc1OCCCCCC(=O)O. The molecule has 0 amide bonds. The number of carboxylic acid groups (broad SMARTS) is 1. The van der Waals surface area contributed by atoms with Crippen molar-refractivity contribution in [2.75, 3.05) is 6.61 Å². The minimum absolute atomic E-state index is 0.205. The largest absolute Gasteiger partial charge is 0.493 e. The highest BCUT2D eigenvalue weighted by Gasteiger charge is 2.14. The van der Waals surface area contributed by atoms with E-state index in [2.05, 4.69) is 47.4 Å². The number of aliphatic carboxylic acids is 1. The number of nitrogens with zero attached hydrogens (tertiary/aromatic N) is 1. The van der Waals surface area contributed by atoms with E-state index in [4.69, 9.17) is 11.2 Å². The van der Waals surface area contributed by atoms with Gasteiger partial charge >= 0.3 is 5.97 Å². The van der Waals surface area contributed by atoms with E-state index in [0.29, 0.717) is 26.1 Å². The Morgan fingerprint density at radius 2 is 1.55 bits per heavy atom. The van der Waals surface area contributed by atoms with Gasteiger partial charge < -0.3 is 9.84 Å². The molecule has 4 nitrogen and oxygen atoms in total. The topological polar surface area (TPSA) is 49.8 Å².